The Hall–Kier alpha value is -2.65. The minimum absolute atomic E-state index is 0.0523. The summed E-state index contributed by atoms with van der Waals surface area (Å²) in [6.07, 6.45) is 1.12. The van der Waals surface area contributed by atoms with Gasteiger partial charge in [-0.3, -0.25) is 19.2 Å². The van der Waals surface area contributed by atoms with Crippen molar-refractivity contribution in [3.8, 4) is 0 Å². The highest BCUT2D eigenvalue weighted by Gasteiger charge is 2.32. The van der Waals surface area contributed by atoms with Crippen LogP contribution in [0.15, 0.2) is 48.5 Å². The summed E-state index contributed by atoms with van der Waals surface area (Å²) in [6.45, 7) is 1.79. The Morgan fingerprint density at radius 3 is 2.50 bits per heavy atom. The minimum Gasteiger partial charge on any atom is -0.350 e. The number of hydrogen-bond donors (Lipinski definition) is 1. The van der Waals surface area contributed by atoms with Crippen molar-refractivity contribution in [1.29, 1.82) is 0 Å². The number of sulfonamides is 1. The number of rotatable bonds is 8. The predicted molar refractivity (Wildman–Crippen MR) is 108 cm³/mol. The van der Waals surface area contributed by atoms with E-state index in [9.17, 15) is 23.3 Å². The van der Waals surface area contributed by atoms with Gasteiger partial charge >= 0.3 is 0 Å². The molecule has 0 bridgehead atoms. The molecule has 1 N–H and O–H groups in total. The van der Waals surface area contributed by atoms with E-state index in [1.807, 2.05) is 0 Å². The molecule has 0 aliphatic rings. The largest absolute Gasteiger partial charge is 0.350 e. The minimum atomic E-state index is -3.88. The van der Waals surface area contributed by atoms with E-state index in [0.717, 1.165) is 16.6 Å². The Bertz CT molecular complexity index is 981. The number of benzene rings is 2. The monoisotopic (exact) mass is 425 g/mol. The number of amides is 1. The van der Waals surface area contributed by atoms with Gasteiger partial charge in [-0.25, -0.2) is 8.42 Å². The summed E-state index contributed by atoms with van der Waals surface area (Å²) in [5.74, 6) is -0.528. The second-order valence-electron chi connectivity index (χ2n) is 6.07. The lowest BCUT2D eigenvalue weighted by Gasteiger charge is -2.30. The molecular weight excluding hydrogens is 406 g/mol. The van der Waals surface area contributed by atoms with Crippen LogP contribution in [0.1, 0.15) is 18.9 Å². The molecule has 0 aliphatic carbocycles. The summed E-state index contributed by atoms with van der Waals surface area (Å²) in [5, 5.41) is 14.2. The van der Waals surface area contributed by atoms with Gasteiger partial charge in [-0.2, -0.15) is 0 Å². The van der Waals surface area contributed by atoms with Crippen LogP contribution in [0.5, 0.6) is 0 Å². The van der Waals surface area contributed by atoms with E-state index >= 15 is 0 Å². The number of carbonyl (C=O) groups excluding carboxylic acids is 1. The lowest BCUT2D eigenvalue weighted by molar-refractivity contribution is -0.384. The number of nitro benzene ring substituents is 1. The number of halogens is 1. The molecule has 0 heterocycles. The first-order valence-corrected chi connectivity index (χ1v) is 10.6. The molecule has 0 aromatic heterocycles. The Morgan fingerprint density at radius 1 is 1.25 bits per heavy atom. The zero-order valence-electron chi connectivity index (χ0n) is 15.3. The summed E-state index contributed by atoms with van der Waals surface area (Å²) in [6, 6.07) is 11.1. The van der Waals surface area contributed by atoms with Crippen LogP contribution in [0.25, 0.3) is 0 Å². The molecule has 1 atom stereocenters. The van der Waals surface area contributed by atoms with E-state index in [0.29, 0.717) is 10.6 Å². The summed E-state index contributed by atoms with van der Waals surface area (Å²) in [5.41, 5.74) is 0.475. The van der Waals surface area contributed by atoms with Gasteiger partial charge in [-0.1, -0.05) is 42.8 Å². The van der Waals surface area contributed by atoms with Crippen molar-refractivity contribution in [2.24, 2.45) is 0 Å². The molecule has 0 saturated carbocycles. The molecule has 0 saturated heterocycles. The van der Waals surface area contributed by atoms with Crippen LogP contribution < -0.4 is 9.62 Å². The Morgan fingerprint density at radius 2 is 1.93 bits per heavy atom. The van der Waals surface area contributed by atoms with Crippen molar-refractivity contribution in [2.75, 3.05) is 10.6 Å². The highest BCUT2D eigenvalue weighted by molar-refractivity contribution is 7.92. The van der Waals surface area contributed by atoms with E-state index in [2.05, 4.69) is 5.32 Å². The van der Waals surface area contributed by atoms with E-state index in [-0.39, 0.29) is 24.3 Å². The molecule has 2 aromatic carbocycles. The van der Waals surface area contributed by atoms with Crippen LogP contribution in [0.3, 0.4) is 0 Å². The van der Waals surface area contributed by atoms with Crippen LogP contribution in [0.4, 0.5) is 11.4 Å². The molecule has 0 radical (unpaired) electrons. The van der Waals surface area contributed by atoms with Crippen molar-refractivity contribution in [3.63, 3.8) is 0 Å². The highest BCUT2D eigenvalue weighted by Crippen LogP contribution is 2.26. The molecule has 2 rings (SSSR count). The average Bonchev–Trinajstić information content (AvgIpc) is 2.64. The standard InChI is InChI=1S/C18H20ClN3O5S/c1-3-17(18(23)20-12-13-7-4-5-10-16(13)19)21(28(2,26)27)14-8-6-9-15(11-14)22(24)25/h4-11,17H,3,12H2,1-2H3,(H,20,23)/t17-/m1/s1. The van der Waals surface area contributed by atoms with E-state index in [4.69, 9.17) is 11.6 Å². The fraction of sp³-hybridized carbons (Fsp3) is 0.278. The number of nitro groups is 1. The smallest absolute Gasteiger partial charge is 0.271 e. The molecule has 0 unspecified atom stereocenters. The molecule has 0 fully saturated rings. The molecule has 0 spiro atoms. The second-order valence-corrected chi connectivity index (χ2v) is 8.34. The topological polar surface area (TPSA) is 110 Å². The third-order valence-electron chi connectivity index (χ3n) is 4.04. The van der Waals surface area contributed by atoms with Crippen LogP contribution >= 0.6 is 11.6 Å². The van der Waals surface area contributed by atoms with Crippen molar-refractivity contribution < 1.29 is 18.1 Å². The van der Waals surface area contributed by atoms with Gasteiger partial charge in [0.15, 0.2) is 0 Å². The Kier molecular flexibility index (Phi) is 6.98. The van der Waals surface area contributed by atoms with Crippen molar-refractivity contribution in [2.45, 2.75) is 25.9 Å². The lowest BCUT2D eigenvalue weighted by atomic mass is 10.1. The van der Waals surface area contributed by atoms with Gasteiger partial charge < -0.3 is 5.32 Å². The van der Waals surface area contributed by atoms with Gasteiger partial charge in [0.2, 0.25) is 15.9 Å². The first-order valence-electron chi connectivity index (χ1n) is 8.40. The van der Waals surface area contributed by atoms with E-state index in [1.54, 1.807) is 31.2 Å². The summed E-state index contributed by atoms with van der Waals surface area (Å²) in [4.78, 5) is 23.2. The number of non-ortho nitro benzene ring substituents is 1. The normalized spacial score (nSPS) is 12.2. The fourth-order valence-corrected chi connectivity index (χ4v) is 4.15. The molecule has 2 aromatic rings. The number of hydrogen-bond acceptors (Lipinski definition) is 5. The Balaban J connectivity index is 2.33. The molecular formula is C18H20ClN3O5S. The van der Waals surface area contributed by atoms with Crippen molar-refractivity contribution in [3.05, 3.63) is 69.2 Å². The van der Waals surface area contributed by atoms with Gasteiger partial charge in [0, 0.05) is 23.7 Å². The van der Waals surface area contributed by atoms with Gasteiger partial charge in [-0.15, -0.1) is 0 Å². The molecule has 0 aliphatic heterocycles. The van der Waals surface area contributed by atoms with Crippen molar-refractivity contribution >= 4 is 38.9 Å². The lowest BCUT2D eigenvalue weighted by Crippen LogP contribution is -2.49. The quantitative estimate of drug-likeness (QED) is 0.516. The van der Waals surface area contributed by atoms with Gasteiger partial charge in [0.1, 0.15) is 6.04 Å². The maximum absolute atomic E-state index is 12.7. The number of nitrogens with one attached hydrogen (secondary N) is 1. The molecule has 28 heavy (non-hydrogen) atoms. The fourth-order valence-electron chi connectivity index (χ4n) is 2.75. The third-order valence-corrected chi connectivity index (χ3v) is 5.58. The predicted octanol–water partition coefficient (Wildman–Crippen LogP) is 3.11. The van der Waals surface area contributed by atoms with Crippen LogP contribution in [-0.4, -0.2) is 31.5 Å². The van der Waals surface area contributed by atoms with Crippen LogP contribution in [0, 0.1) is 10.1 Å². The number of nitrogens with zero attached hydrogens (tertiary/aromatic N) is 2. The second kappa shape index (κ2) is 9.03. The van der Waals surface area contributed by atoms with Crippen LogP contribution in [-0.2, 0) is 21.4 Å². The molecule has 10 heteroatoms. The number of anilines is 1. The first kappa shape index (κ1) is 21.6. The van der Waals surface area contributed by atoms with Gasteiger partial charge in [-0.05, 0) is 24.1 Å². The Labute approximate surface area is 168 Å². The first-order chi connectivity index (χ1) is 13.1. The third kappa shape index (κ3) is 5.20. The van der Waals surface area contributed by atoms with Crippen LogP contribution in [0.2, 0.25) is 5.02 Å². The van der Waals surface area contributed by atoms with E-state index < -0.39 is 26.9 Å². The average molecular weight is 426 g/mol. The zero-order valence-corrected chi connectivity index (χ0v) is 16.9. The van der Waals surface area contributed by atoms with E-state index in [1.165, 1.54) is 18.2 Å². The maximum atomic E-state index is 12.7. The summed E-state index contributed by atoms with van der Waals surface area (Å²) < 4.78 is 25.7. The molecule has 150 valence electrons. The maximum Gasteiger partial charge on any atom is 0.271 e. The number of carbonyl (C=O) groups is 1. The molecule has 8 nitrogen and oxygen atoms in total. The summed E-state index contributed by atoms with van der Waals surface area (Å²) in [7, 11) is -3.88. The van der Waals surface area contributed by atoms with Crippen molar-refractivity contribution in [1.82, 2.24) is 5.32 Å². The van der Waals surface area contributed by atoms with Gasteiger partial charge in [0.25, 0.3) is 5.69 Å². The zero-order chi connectivity index (χ0) is 20.9. The highest BCUT2D eigenvalue weighted by atomic mass is 35.5. The summed E-state index contributed by atoms with van der Waals surface area (Å²) >= 11 is 6.08. The molecule has 1 amide bonds. The SMILES string of the molecule is CC[C@H](C(=O)NCc1ccccc1Cl)N(c1cccc([N+](=O)[O-])c1)S(C)(=O)=O. The van der Waals surface area contributed by atoms with Gasteiger partial charge in [0.05, 0.1) is 16.9 Å².